The molecule has 1 aromatic rings. The van der Waals surface area contributed by atoms with Gasteiger partial charge in [0.1, 0.15) is 11.6 Å². The molecule has 0 aliphatic heterocycles. The first-order valence-corrected chi connectivity index (χ1v) is 5.29. The van der Waals surface area contributed by atoms with Gasteiger partial charge in [-0.15, -0.1) is 0 Å². The van der Waals surface area contributed by atoms with Crippen LogP contribution in [0.2, 0.25) is 0 Å². The van der Waals surface area contributed by atoms with Gasteiger partial charge in [0, 0.05) is 17.6 Å². The Bertz CT molecular complexity index is 327. The van der Waals surface area contributed by atoms with E-state index in [0.29, 0.717) is 11.6 Å². The van der Waals surface area contributed by atoms with Crippen LogP contribution in [0.4, 0.5) is 4.39 Å². The molecule has 0 saturated carbocycles. The average molecular weight is 211 g/mol. The minimum absolute atomic E-state index is 0.0457. The number of phenols is 1. The molecule has 15 heavy (non-hydrogen) atoms. The molecule has 0 aliphatic rings. The third-order valence-electron chi connectivity index (χ3n) is 2.60. The quantitative estimate of drug-likeness (QED) is 0.802. The summed E-state index contributed by atoms with van der Waals surface area (Å²) in [4.78, 5) is 0. The molecule has 0 aliphatic carbocycles. The fourth-order valence-electron chi connectivity index (χ4n) is 1.51. The van der Waals surface area contributed by atoms with Crippen LogP contribution in [0.3, 0.4) is 0 Å². The number of hydrogen-bond donors (Lipinski definition) is 2. The standard InChI is InChI=1S/C12H18FNO/c1-4-8(2)14-9(3)11-7-10(13)5-6-12(11)15/h5-9,14-15H,4H2,1-3H3/t8-,9+/m1/s1. The highest BCUT2D eigenvalue weighted by Gasteiger charge is 2.12. The van der Waals surface area contributed by atoms with E-state index >= 15 is 0 Å². The normalized spacial score (nSPS) is 14.9. The smallest absolute Gasteiger partial charge is 0.123 e. The Morgan fingerprint density at radius 2 is 2.07 bits per heavy atom. The molecule has 2 atom stereocenters. The minimum Gasteiger partial charge on any atom is -0.508 e. The van der Waals surface area contributed by atoms with Crippen molar-refractivity contribution in [3.05, 3.63) is 29.6 Å². The first-order chi connectivity index (χ1) is 7.04. The van der Waals surface area contributed by atoms with E-state index in [1.54, 1.807) is 0 Å². The summed E-state index contributed by atoms with van der Waals surface area (Å²) >= 11 is 0. The monoisotopic (exact) mass is 211 g/mol. The molecule has 0 saturated heterocycles. The van der Waals surface area contributed by atoms with E-state index in [-0.39, 0.29) is 17.6 Å². The third kappa shape index (κ3) is 3.20. The van der Waals surface area contributed by atoms with E-state index in [4.69, 9.17) is 0 Å². The molecule has 0 radical (unpaired) electrons. The molecule has 0 bridgehead atoms. The Balaban J connectivity index is 2.80. The van der Waals surface area contributed by atoms with E-state index in [0.717, 1.165) is 6.42 Å². The second-order valence-corrected chi connectivity index (χ2v) is 3.90. The molecule has 0 spiro atoms. The average Bonchev–Trinajstić information content (AvgIpc) is 2.21. The summed E-state index contributed by atoms with van der Waals surface area (Å²) in [5, 5.41) is 12.9. The summed E-state index contributed by atoms with van der Waals surface area (Å²) in [6, 6.07) is 4.32. The van der Waals surface area contributed by atoms with Gasteiger partial charge >= 0.3 is 0 Å². The molecule has 84 valence electrons. The molecular weight excluding hydrogens is 193 g/mol. The lowest BCUT2D eigenvalue weighted by atomic mass is 10.1. The van der Waals surface area contributed by atoms with Gasteiger partial charge in [-0.2, -0.15) is 0 Å². The number of phenolic OH excluding ortho intramolecular Hbond substituents is 1. The van der Waals surface area contributed by atoms with E-state index in [2.05, 4.69) is 19.2 Å². The number of benzene rings is 1. The van der Waals surface area contributed by atoms with Crippen LogP contribution in [0.25, 0.3) is 0 Å². The summed E-state index contributed by atoms with van der Waals surface area (Å²) in [6.45, 7) is 6.06. The Kier molecular flexibility index (Phi) is 4.09. The third-order valence-corrected chi connectivity index (χ3v) is 2.60. The van der Waals surface area contributed by atoms with E-state index in [1.165, 1.54) is 18.2 Å². The van der Waals surface area contributed by atoms with Gasteiger partial charge < -0.3 is 10.4 Å². The lowest BCUT2D eigenvalue weighted by Crippen LogP contribution is -2.28. The van der Waals surface area contributed by atoms with E-state index in [9.17, 15) is 9.50 Å². The number of aromatic hydroxyl groups is 1. The minimum atomic E-state index is -0.319. The van der Waals surface area contributed by atoms with Gasteiger partial charge in [0.05, 0.1) is 0 Å². The predicted molar refractivity (Wildman–Crippen MR) is 59.4 cm³/mol. The Morgan fingerprint density at radius 3 is 2.67 bits per heavy atom. The molecule has 2 N–H and O–H groups in total. The highest BCUT2D eigenvalue weighted by Crippen LogP contribution is 2.25. The van der Waals surface area contributed by atoms with Crippen molar-refractivity contribution in [3.8, 4) is 5.75 Å². The van der Waals surface area contributed by atoms with Gasteiger partial charge in [-0.3, -0.25) is 0 Å². The summed E-state index contributed by atoms with van der Waals surface area (Å²) in [6.07, 6.45) is 1.00. The number of nitrogens with one attached hydrogen (secondary N) is 1. The van der Waals surface area contributed by atoms with Crippen molar-refractivity contribution in [1.82, 2.24) is 5.32 Å². The van der Waals surface area contributed by atoms with Crippen molar-refractivity contribution < 1.29 is 9.50 Å². The van der Waals surface area contributed by atoms with Crippen LogP contribution in [0.1, 0.15) is 38.8 Å². The van der Waals surface area contributed by atoms with E-state index < -0.39 is 0 Å². The molecule has 0 aromatic heterocycles. The van der Waals surface area contributed by atoms with Crippen molar-refractivity contribution in [2.45, 2.75) is 39.3 Å². The van der Waals surface area contributed by atoms with Gasteiger partial charge in [0.2, 0.25) is 0 Å². The summed E-state index contributed by atoms with van der Waals surface area (Å²) in [5.41, 5.74) is 0.607. The highest BCUT2D eigenvalue weighted by atomic mass is 19.1. The maximum Gasteiger partial charge on any atom is 0.123 e. The van der Waals surface area contributed by atoms with Crippen LogP contribution >= 0.6 is 0 Å². The SMILES string of the molecule is CC[C@@H](C)N[C@@H](C)c1cc(F)ccc1O. The van der Waals surface area contributed by atoms with Crippen molar-refractivity contribution in [2.24, 2.45) is 0 Å². The lowest BCUT2D eigenvalue weighted by molar-refractivity contribution is 0.427. The van der Waals surface area contributed by atoms with Gasteiger partial charge in [-0.1, -0.05) is 6.92 Å². The summed E-state index contributed by atoms with van der Waals surface area (Å²) in [7, 11) is 0. The van der Waals surface area contributed by atoms with Crippen LogP contribution in [-0.2, 0) is 0 Å². The maximum atomic E-state index is 13.0. The van der Waals surface area contributed by atoms with Gasteiger partial charge in [0.25, 0.3) is 0 Å². The number of halogens is 1. The zero-order valence-electron chi connectivity index (χ0n) is 9.42. The van der Waals surface area contributed by atoms with Crippen molar-refractivity contribution in [2.75, 3.05) is 0 Å². The zero-order valence-corrected chi connectivity index (χ0v) is 9.42. The van der Waals surface area contributed by atoms with Crippen molar-refractivity contribution in [1.29, 1.82) is 0 Å². The number of rotatable bonds is 4. The van der Waals surface area contributed by atoms with E-state index in [1.807, 2.05) is 6.92 Å². The summed E-state index contributed by atoms with van der Waals surface area (Å²) in [5.74, 6) is -0.180. The van der Waals surface area contributed by atoms with Crippen molar-refractivity contribution >= 4 is 0 Å². The topological polar surface area (TPSA) is 32.3 Å². The molecule has 1 aromatic carbocycles. The largest absolute Gasteiger partial charge is 0.508 e. The predicted octanol–water partition coefficient (Wildman–Crippen LogP) is 2.98. The van der Waals surface area contributed by atoms with Crippen LogP contribution < -0.4 is 5.32 Å². The van der Waals surface area contributed by atoms with Gasteiger partial charge in [-0.25, -0.2) is 4.39 Å². The van der Waals surface area contributed by atoms with Crippen LogP contribution in [-0.4, -0.2) is 11.1 Å². The van der Waals surface area contributed by atoms with Gasteiger partial charge in [0.15, 0.2) is 0 Å². The molecule has 0 amide bonds. The highest BCUT2D eigenvalue weighted by molar-refractivity contribution is 5.34. The van der Waals surface area contributed by atoms with Gasteiger partial charge in [-0.05, 0) is 38.5 Å². The van der Waals surface area contributed by atoms with Crippen LogP contribution in [0, 0.1) is 5.82 Å². The maximum absolute atomic E-state index is 13.0. The second kappa shape index (κ2) is 5.12. The van der Waals surface area contributed by atoms with Crippen LogP contribution in [0.15, 0.2) is 18.2 Å². The Labute approximate surface area is 90.1 Å². The molecular formula is C12H18FNO. The fourth-order valence-corrected chi connectivity index (χ4v) is 1.51. The Morgan fingerprint density at radius 1 is 1.40 bits per heavy atom. The lowest BCUT2D eigenvalue weighted by Gasteiger charge is -2.20. The first-order valence-electron chi connectivity index (χ1n) is 5.29. The van der Waals surface area contributed by atoms with Crippen LogP contribution in [0.5, 0.6) is 5.75 Å². The summed E-state index contributed by atoms with van der Waals surface area (Å²) < 4.78 is 13.0. The molecule has 0 fully saturated rings. The molecule has 1 rings (SSSR count). The molecule has 3 heteroatoms. The number of hydrogen-bond acceptors (Lipinski definition) is 2. The second-order valence-electron chi connectivity index (χ2n) is 3.90. The Hall–Kier alpha value is -1.09. The fraction of sp³-hybridized carbons (Fsp3) is 0.500. The van der Waals surface area contributed by atoms with Crippen molar-refractivity contribution in [3.63, 3.8) is 0 Å². The molecule has 2 nitrogen and oxygen atoms in total. The molecule has 0 heterocycles. The molecule has 0 unspecified atom stereocenters. The first kappa shape index (κ1) is 12.0. The zero-order chi connectivity index (χ0) is 11.4.